The molecule has 1 N–H and O–H groups in total. The molecule has 0 bridgehead atoms. The van der Waals surface area contributed by atoms with Gasteiger partial charge in [-0.25, -0.2) is 4.39 Å². The molecule has 0 aliphatic heterocycles. The summed E-state index contributed by atoms with van der Waals surface area (Å²) >= 11 is 1.52. The van der Waals surface area contributed by atoms with Crippen LogP contribution in [0.15, 0.2) is 24.3 Å². The maximum absolute atomic E-state index is 13.1. The molecule has 1 heterocycles. The molecule has 0 saturated carbocycles. The molecule has 0 unspecified atom stereocenters. The fourth-order valence-electron chi connectivity index (χ4n) is 1.46. The second-order valence-electron chi connectivity index (χ2n) is 3.61. The first-order valence-electron chi connectivity index (χ1n) is 5.58. The monoisotopic (exact) mass is 251 g/mol. The zero-order valence-electron chi connectivity index (χ0n) is 9.61. The highest BCUT2D eigenvalue weighted by molar-refractivity contribution is 7.14. The van der Waals surface area contributed by atoms with E-state index in [4.69, 9.17) is 0 Å². The van der Waals surface area contributed by atoms with Gasteiger partial charge in [-0.15, -0.1) is 10.2 Å². The van der Waals surface area contributed by atoms with Gasteiger partial charge in [-0.2, -0.15) is 0 Å². The molecule has 0 aliphatic carbocycles. The Morgan fingerprint density at radius 1 is 1.35 bits per heavy atom. The summed E-state index contributed by atoms with van der Waals surface area (Å²) in [4.78, 5) is 0. The zero-order chi connectivity index (χ0) is 12.1. The summed E-state index contributed by atoms with van der Waals surface area (Å²) in [5, 5.41) is 13.2. The van der Waals surface area contributed by atoms with Gasteiger partial charge in [0.15, 0.2) is 0 Å². The molecule has 17 heavy (non-hydrogen) atoms. The minimum Gasteiger partial charge on any atom is -0.317 e. The van der Waals surface area contributed by atoms with Crippen molar-refractivity contribution < 1.29 is 4.39 Å². The van der Waals surface area contributed by atoms with Crippen molar-refractivity contribution >= 4 is 11.3 Å². The lowest BCUT2D eigenvalue weighted by Gasteiger charge is -1.96. The Hall–Kier alpha value is -1.33. The van der Waals surface area contributed by atoms with Crippen LogP contribution in [0.3, 0.4) is 0 Å². The molecule has 0 atom stereocenters. The predicted octanol–water partition coefficient (Wildman–Crippen LogP) is 2.50. The summed E-state index contributed by atoms with van der Waals surface area (Å²) in [5.41, 5.74) is 0.789. The molecule has 1 aromatic heterocycles. The maximum atomic E-state index is 13.1. The van der Waals surface area contributed by atoms with E-state index in [1.165, 1.54) is 23.5 Å². The molecule has 0 saturated heterocycles. The summed E-state index contributed by atoms with van der Waals surface area (Å²) in [6.07, 6.45) is 0.862. The number of hydrogen-bond donors (Lipinski definition) is 1. The lowest BCUT2D eigenvalue weighted by molar-refractivity contribution is 0.628. The maximum Gasteiger partial charge on any atom is 0.147 e. The van der Waals surface area contributed by atoms with Crippen molar-refractivity contribution in [2.45, 2.75) is 13.3 Å². The largest absolute Gasteiger partial charge is 0.317 e. The van der Waals surface area contributed by atoms with Crippen LogP contribution < -0.4 is 5.32 Å². The number of aromatic nitrogens is 2. The summed E-state index contributed by atoms with van der Waals surface area (Å²) in [6, 6.07) is 6.44. The first kappa shape index (κ1) is 12.1. The number of nitrogens with one attached hydrogen (secondary N) is 1. The highest BCUT2D eigenvalue weighted by atomic mass is 32.1. The standard InChI is InChI=1S/C12H14FN3S/c1-2-14-7-6-11-15-16-12(17-11)9-4-3-5-10(13)8-9/h3-5,8,14H,2,6-7H2,1H3. The molecule has 3 nitrogen and oxygen atoms in total. The fourth-order valence-corrected chi connectivity index (χ4v) is 2.30. The van der Waals surface area contributed by atoms with E-state index in [1.807, 2.05) is 6.07 Å². The predicted molar refractivity (Wildman–Crippen MR) is 67.6 cm³/mol. The highest BCUT2D eigenvalue weighted by Gasteiger charge is 2.06. The Labute approximate surface area is 104 Å². The molecule has 2 rings (SSSR count). The number of rotatable bonds is 5. The second-order valence-corrected chi connectivity index (χ2v) is 4.68. The molecule has 0 spiro atoms. The molecular formula is C12H14FN3S. The van der Waals surface area contributed by atoms with Crippen LogP contribution in [0.1, 0.15) is 11.9 Å². The molecule has 1 aromatic carbocycles. The molecule has 2 aromatic rings. The molecule has 0 fully saturated rings. The van der Waals surface area contributed by atoms with Gasteiger partial charge in [0.1, 0.15) is 15.8 Å². The number of benzene rings is 1. The van der Waals surface area contributed by atoms with Crippen LogP contribution >= 0.6 is 11.3 Å². The average Bonchev–Trinajstić information content (AvgIpc) is 2.78. The molecule has 5 heteroatoms. The van der Waals surface area contributed by atoms with Crippen molar-refractivity contribution in [1.82, 2.24) is 15.5 Å². The van der Waals surface area contributed by atoms with Crippen LogP contribution in [0.4, 0.5) is 4.39 Å². The molecule has 90 valence electrons. The Morgan fingerprint density at radius 3 is 3.00 bits per heavy atom. The third-order valence-electron chi connectivity index (χ3n) is 2.30. The van der Waals surface area contributed by atoms with Gasteiger partial charge in [0.25, 0.3) is 0 Å². The average molecular weight is 251 g/mol. The quantitative estimate of drug-likeness (QED) is 0.830. The fraction of sp³-hybridized carbons (Fsp3) is 0.333. The Bertz CT molecular complexity index is 484. The topological polar surface area (TPSA) is 37.8 Å². The first-order chi connectivity index (χ1) is 8.29. The van der Waals surface area contributed by atoms with Gasteiger partial charge in [-0.1, -0.05) is 30.4 Å². The van der Waals surface area contributed by atoms with Crippen molar-refractivity contribution in [2.75, 3.05) is 13.1 Å². The van der Waals surface area contributed by atoms with Crippen molar-refractivity contribution in [3.05, 3.63) is 35.1 Å². The molecule has 0 aliphatic rings. The van der Waals surface area contributed by atoms with Gasteiger partial charge in [-0.05, 0) is 18.7 Å². The van der Waals surface area contributed by atoms with Gasteiger partial charge in [-0.3, -0.25) is 0 Å². The first-order valence-corrected chi connectivity index (χ1v) is 6.40. The minimum atomic E-state index is -0.244. The van der Waals surface area contributed by atoms with E-state index >= 15 is 0 Å². The third-order valence-corrected chi connectivity index (χ3v) is 3.34. The van der Waals surface area contributed by atoms with Crippen molar-refractivity contribution in [3.8, 4) is 10.6 Å². The second kappa shape index (κ2) is 5.84. The smallest absolute Gasteiger partial charge is 0.147 e. The third kappa shape index (κ3) is 3.31. The van der Waals surface area contributed by atoms with Gasteiger partial charge < -0.3 is 5.32 Å². The lowest BCUT2D eigenvalue weighted by atomic mass is 10.2. The van der Waals surface area contributed by atoms with E-state index in [0.29, 0.717) is 0 Å². The summed E-state index contributed by atoms with van der Waals surface area (Å²) < 4.78 is 13.1. The van der Waals surface area contributed by atoms with Gasteiger partial charge in [0, 0.05) is 18.5 Å². The van der Waals surface area contributed by atoms with E-state index in [9.17, 15) is 4.39 Å². The van der Waals surface area contributed by atoms with Crippen LogP contribution in [-0.4, -0.2) is 23.3 Å². The van der Waals surface area contributed by atoms with Crippen LogP contribution in [-0.2, 0) is 6.42 Å². The van der Waals surface area contributed by atoms with Crippen LogP contribution in [0, 0.1) is 5.82 Å². The van der Waals surface area contributed by atoms with E-state index in [2.05, 4.69) is 22.4 Å². The molecule has 0 radical (unpaired) electrons. The SMILES string of the molecule is CCNCCc1nnc(-c2cccc(F)c2)s1. The van der Waals surface area contributed by atoms with E-state index in [0.717, 1.165) is 35.1 Å². The number of hydrogen-bond acceptors (Lipinski definition) is 4. The Morgan fingerprint density at radius 2 is 2.24 bits per heavy atom. The number of likely N-dealkylation sites (N-methyl/N-ethyl adjacent to an activating group) is 1. The zero-order valence-corrected chi connectivity index (χ0v) is 10.4. The van der Waals surface area contributed by atoms with E-state index < -0.39 is 0 Å². The molecular weight excluding hydrogens is 237 g/mol. The Kier molecular flexibility index (Phi) is 4.17. The summed E-state index contributed by atoms with van der Waals surface area (Å²) in [6.45, 7) is 3.92. The van der Waals surface area contributed by atoms with Crippen molar-refractivity contribution in [1.29, 1.82) is 0 Å². The van der Waals surface area contributed by atoms with Crippen LogP contribution in [0.25, 0.3) is 10.6 Å². The van der Waals surface area contributed by atoms with Crippen molar-refractivity contribution in [2.24, 2.45) is 0 Å². The number of nitrogens with zero attached hydrogens (tertiary/aromatic N) is 2. The lowest BCUT2D eigenvalue weighted by Crippen LogP contribution is -2.15. The van der Waals surface area contributed by atoms with E-state index in [-0.39, 0.29) is 5.82 Å². The van der Waals surface area contributed by atoms with Crippen LogP contribution in [0.2, 0.25) is 0 Å². The Balaban J connectivity index is 2.07. The molecule has 0 amide bonds. The minimum absolute atomic E-state index is 0.244. The van der Waals surface area contributed by atoms with Gasteiger partial charge in [0.2, 0.25) is 0 Å². The van der Waals surface area contributed by atoms with Gasteiger partial charge in [0.05, 0.1) is 0 Å². The normalized spacial score (nSPS) is 10.7. The highest BCUT2D eigenvalue weighted by Crippen LogP contribution is 2.23. The number of halogens is 1. The van der Waals surface area contributed by atoms with Gasteiger partial charge >= 0.3 is 0 Å². The van der Waals surface area contributed by atoms with Crippen LogP contribution in [0.5, 0.6) is 0 Å². The van der Waals surface area contributed by atoms with Crippen molar-refractivity contribution in [3.63, 3.8) is 0 Å². The van der Waals surface area contributed by atoms with E-state index in [1.54, 1.807) is 6.07 Å². The summed E-state index contributed by atoms with van der Waals surface area (Å²) in [7, 11) is 0. The summed E-state index contributed by atoms with van der Waals surface area (Å²) in [5.74, 6) is -0.244.